The highest BCUT2D eigenvalue weighted by Crippen LogP contribution is 2.21. The molecule has 19 heavy (non-hydrogen) atoms. The second kappa shape index (κ2) is 7.96. The summed E-state index contributed by atoms with van der Waals surface area (Å²) in [7, 11) is -3.45. The second-order valence-electron chi connectivity index (χ2n) is 4.56. The van der Waals surface area contributed by atoms with Crippen LogP contribution in [0.25, 0.3) is 0 Å². The lowest BCUT2D eigenvalue weighted by atomic mass is 10.2. The van der Waals surface area contributed by atoms with E-state index in [-0.39, 0.29) is 17.4 Å². The number of aliphatic hydroxyl groups is 1. The van der Waals surface area contributed by atoms with Crippen molar-refractivity contribution in [2.75, 3.05) is 26.4 Å². The van der Waals surface area contributed by atoms with Crippen LogP contribution in [-0.2, 0) is 21.2 Å². The molecule has 1 aromatic heterocycles. The van der Waals surface area contributed by atoms with Crippen molar-refractivity contribution in [1.29, 1.82) is 0 Å². The molecule has 0 spiro atoms. The van der Waals surface area contributed by atoms with E-state index in [4.69, 9.17) is 9.84 Å². The fourth-order valence-corrected chi connectivity index (χ4v) is 3.79. The Kier molecular flexibility index (Phi) is 6.95. The Morgan fingerprint density at radius 1 is 1.42 bits per heavy atom. The van der Waals surface area contributed by atoms with Gasteiger partial charge in [0, 0.05) is 31.1 Å². The van der Waals surface area contributed by atoms with Gasteiger partial charge in [-0.05, 0) is 18.1 Å². The Bertz CT molecular complexity index is 468. The van der Waals surface area contributed by atoms with E-state index >= 15 is 0 Å². The van der Waals surface area contributed by atoms with Gasteiger partial charge in [-0.2, -0.15) is 0 Å². The third-order valence-corrected chi connectivity index (χ3v) is 5.35. The number of hydrogen-bond acceptors (Lipinski definition) is 5. The largest absolute Gasteiger partial charge is 0.396 e. The Hall–Kier alpha value is -0.470. The summed E-state index contributed by atoms with van der Waals surface area (Å²) in [5.41, 5.74) is 0. The van der Waals surface area contributed by atoms with Gasteiger partial charge in [0.15, 0.2) is 0 Å². The SMILES string of the molecule is CC(C)COCCNS(=O)(=O)c1ccc(CCO)s1. The molecule has 0 amide bonds. The van der Waals surface area contributed by atoms with Gasteiger partial charge in [0.2, 0.25) is 10.0 Å². The first-order chi connectivity index (χ1) is 8.95. The molecule has 1 rings (SSSR count). The van der Waals surface area contributed by atoms with Gasteiger partial charge in [-0.15, -0.1) is 11.3 Å². The molecule has 0 atom stereocenters. The van der Waals surface area contributed by atoms with Gasteiger partial charge in [-0.1, -0.05) is 13.8 Å². The maximum atomic E-state index is 11.9. The van der Waals surface area contributed by atoms with Crippen molar-refractivity contribution in [2.24, 2.45) is 5.92 Å². The van der Waals surface area contributed by atoms with Gasteiger partial charge < -0.3 is 9.84 Å². The summed E-state index contributed by atoms with van der Waals surface area (Å²) in [6.45, 7) is 5.36. The van der Waals surface area contributed by atoms with Crippen LogP contribution >= 0.6 is 11.3 Å². The van der Waals surface area contributed by atoms with Crippen LogP contribution in [-0.4, -0.2) is 39.9 Å². The van der Waals surface area contributed by atoms with Crippen LogP contribution in [0.15, 0.2) is 16.3 Å². The molecule has 7 heteroatoms. The molecule has 0 aliphatic carbocycles. The van der Waals surface area contributed by atoms with Crippen LogP contribution in [0, 0.1) is 5.92 Å². The van der Waals surface area contributed by atoms with Crippen LogP contribution in [0.2, 0.25) is 0 Å². The predicted molar refractivity (Wildman–Crippen MR) is 76.0 cm³/mol. The van der Waals surface area contributed by atoms with Crippen LogP contribution in [0.5, 0.6) is 0 Å². The minimum absolute atomic E-state index is 0.0243. The third kappa shape index (κ3) is 6.01. The second-order valence-corrected chi connectivity index (χ2v) is 7.72. The van der Waals surface area contributed by atoms with Gasteiger partial charge in [0.25, 0.3) is 0 Å². The summed E-state index contributed by atoms with van der Waals surface area (Å²) < 4.78 is 31.9. The van der Waals surface area contributed by atoms with Crippen LogP contribution in [0.4, 0.5) is 0 Å². The fourth-order valence-electron chi connectivity index (χ4n) is 1.39. The van der Waals surface area contributed by atoms with E-state index < -0.39 is 10.0 Å². The van der Waals surface area contributed by atoms with Gasteiger partial charge in [-0.25, -0.2) is 13.1 Å². The molecule has 0 radical (unpaired) electrons. The number of aliphatic hydroxyl groups excluding tert-OH is 1. The van der Waals surface area contributed by atoms with Gasteiger partial charge in [0.1, 0.15) is 4.21 Å². The Morgan fingerprint density at radius 2 is 2.16 bits per heavy atom. The summed E-state index contributed by atoms with van der Waals surface area (Å²) in [6.07, 6.45) is 0.484. The van der Waals surface area contributed by atoms with Crippen molar-refractivity contribution in [2.45, 2.75) is 24.5 Å². The molecule has 0 saturated carbocycles. The molecule has 0 fully saturated rings. The number of thiophene rings is 1. The Balaban J connectivity index is 2.42. The van der Waals surface area contributed by atoms with Crippen molar-refractivity contribution >= 4 is 21.4 Å². The minimum atomic E-state index is -3.45. The summed E-state index contributed by atoms with van der Waals surface area (Å²) in [4.78, 5) is 0.860. The molecular weight excluding hydrogens is 286 g/mol. The number of nitrogens with one attached hydrogen (secondary N) is 1. The molecule has 0 aromatic carbocycles. The average Bonchev–Trinajstić information content (AvgIpc) is 2.78. The maximum Gasteiger partial charge on any atom is 0.250 e. The van der Waals surface area contributed by atoms with Gasteiger partial charge in [-0.3, -0.25) is 0 Å². The number of ether oxygens (including phenoxy) is 1. The third-order valence-electron chi connectivity index (χ3n) is 2.25. The first-order valence-corrected chi connectivity index (χ1v) is 8.52. The van der Waals surface area contributed by atoms with E-state index in [1.807, 2.05) is 13.8 Å². The zero-order chi connectivity index (χ0) is 14.3. The van der Waals surface area contributed by atoms with Gasteiger partial charge in [0.05, 0.1) is 6.61 Å². The summed E-state index contributed by atoms with van der Waals surface area (Å²) in [5.74, 6) is 0.440. The maximum absolute atomic E-state index is 11.9. The zero-order valence-corrected chi connectivity index (χ0v) is 12.9. The average molecular weight is 307 g/mol. The zero-order valence-electron chi connectivity index (χ0n) is 11.3. The standard InChI is InChI=1S/C12H21NO4S2/c1-10(2)9-17-8-6-13-19(15,16)12-4-3-11(18-12)5-7-14/h3-4,10,13-14H,5-9H2,1-2H3. The molecule has 2 N–H and O–H groups in total. The lowest BCUT2D eigenvalue weighted by molar-refractivity contribution is 0.114. The Labute approximate surface area is 118 Å². The molecule has 5 nitrogen and oxygen atoms in total. The monoisotopic (exact) mass is 307 g/mol. The van der Waals surface area contributed by atoms with Crippen molar-refractivity contribution in [3.63, 3.8) is 0 Å². The molecule has 0 bridgehead atoms. The summed E-state index contributed by atoms with van der Waals surface area (Å²) in [6, 6.07) is 3.29. The van der Waals surface area contributed by atoms with Crippen LogP contribution in [0.1, 0.15) is 18.7 Å². The number of rotatable bonds is 9. The molecule has 0 aliphatic rings. The van der Waals surface area contributed by atoms with E-state index in [1.165, 1.54) is 11.3 Å². The minimum Gasteiger partial charge on any atom is -0.396 e. The molecule has 0 aliphatic heterocycles. The topological polar surface area (TPSA) is 75.6 Å². The van der Waals surface area contributed by atoms with E-state index in [9.17, 15) is 8.42 Å². The smallest absolute Gasteiger partial charge is 0.250 e. The van der Waals surface area contributed by atoms with Crippen LogP contribution < -0.4 is 4.72 Å². The first-order valence-electron chi connectivity index (χ1n) is 6.22. The lowest BCUT2D eigenvalue weighted by Gasteiger charge is -2.07. The normalized spacial score (nSPS) is 12.2. The molecule has 0 unspecified atom stereocenters. The molecular formula is C12H21NO4S2. The van der Waals surface area contributed by atoms with Crippen molar-refractivity contribution in [3.8, 4) is 0 Å². The van der Waals surface area contributed by atoms with Crippen molar-refractivity contribution in [3.05, 3.63) is 17.0 Å². The van der Waals surface area contributed by atoms with E-state index in [1.54, 1.807) is 12.1 Å². The highest BCUT2D eigenvalue weighted by molar-refractivity contribution is 7.91. The lowest BCUT2D eigenvalue weighted by Crippen LogP contribution is -2.27. The van der Waals surface area contributed by atoms with Crippen LogP contribution in [0.3, 0.4) is 0 Å². The first kappa shape index (κ1) is 16.6. The highest BCUT2D eigenvalue weighted by atomic mass is 32.2. The number of hydrogen-bond donors (Lipinski definition) is 2. The highest BCUT2D eigenvalue weighted by Gasteiger charge is 2.15. The van der Waals surface area contributed by atoms with Crippen molar-refractivity contribution < 1.29 is 18.3 Å². The summed E-state index contributed by atoms with van der Waals surface area (Å²) >= 11 is 1.18. The Morgan fingerprint density at radius 3 is 2.79 bits per heavy atom. The fraction of sp³-hybridized carbons (Fsp3) is 0.667. The van der Waals surface area contributed by atoms with E-state index in [0.717, 1.165) is 4.88 Å². The van der Waals surface area contributed by atoms with E-state index in [0.29, 0.717) is 25.6 Å². The molecule has 1 heterocycles. The molecule has 0 saturated heterocycles. The summed E-state index contributed by atoms with van der Waals surface area (Å²) in [5, 5.41) is 8.80. The van der Waals surface area contributed by atoms with E-state index in [2.05, 4.69) is 4.72 Å². The molecule has 110 valence electrons. The van der Waals surface area contributed by atoms with Crippen molar-refractivity contribution in [1.82, 2.24) is 4.72 Å². The molecule has 1 aromatic rings. The predicted octanol–water partition coefficient (Wildman–Crippen LogP) is 1.23. The van der Waals surface area contributed by atoms with Gasteiger partial charge >= 0.3 is 0 Å². The quantitative estimate of drug-likeness (QED) is 0.673. The number of sulfonamides is 1.